The lowest BCUT2D eigenvalue weighted by Gasteiger charge is -2.12. The summed E-state index contributed by atoms with van der Waals surface area (Å²) in [4.78, 5) is 36.9. The molecule has 3 rings (SSSR count). The Labute approximate surface area is 173 Å². The number of methoxy groups -OCH3 is 2. The molecule has 0 aromatic heterocycles. The predicted octanol–water partition coefficient (Wildman–Crippen LogP) is 1.90. The lowest BCUT2D eigenvalue weighted by molar-refractivity contribution is -0.124. The minimum Gasteiger partial charge on any atom is -0.493 e. The van der Waals surface area contributed by atoms with Gasteiger partial charge in [-0.1, -0.05) is 6.07 Å². The van der Waals surface area contributed by atoms with Gasteiger partial charge in [0.2, 0.25) is 0 Å². The zero-order valence-corrected chi connectivity index (χ0v) is 16.7. The van der Waals surface area contributed by atoms with Crippen LogP contribution in [0.2, 0.25) is 0 Å². The first-order chi connectivity index (χ1) is 14.5. The molecule has 0 aliphatic carbocycles. The van der Waals surface area contributed by atoms with Crippen LogP contribution in [-0.4, -0.2) is 44.7 Å². The van der Waals surface area contributed by atoms with E-state index in [0.717, 1.165) is 6.42 Å². The van der Waals surface area contributed by atoms with Gasteiger partial charge in [0.1, 0.15) is 6.10 Å². The van der Waals surface area contributed by atoms with Crippen molar-refractivity contribution >= 4 is 23.4 Å². The lowest BCUT2D eigenvalue weighted by Crippen LogP contribution is -2.41. The largest absolute Gasteiger partial charge is 0.493 e. The molecule has 0 radical (unpaired) electrons. The summed E-state index contributed by atoms with van der Waals surface area (Å²) in [6.45, 7) is 0.570. The molecule has 2 aromatic carbocycles. The molecule has 3 amide bonds. The molecule has 158 valence electrons. The number of hydrogen-bond acceptors (Lipinski definition) is 6. The van der Waals surface area contributed by atoms with Crippen molar-refractivity contribution in [2.24, 2.45) is 0 Å². The SMILES string of the molecule is COc1ccc(C(=O)NNC(=O)c2cccc(NC(=O)C3CCCO3)c2)cc1OC. The lowest BCUT2D eigenvalue weighted by atomic mass is 10.1. The molecule has 30 heavy (non-hydrogen) atoms. The minimum atomic E-state index is -0.531. The highest BCUT2D eigenvalue weighted by Crippen LogP contribution is 2.27. The van der Waals surface area contributed by atoms with Crippen LogP contribution < -0.4 is 25.6 Å². The molecule has 0 bridgehead atoms. The number of carbonyl (C=O) groups is 3. The molecule has 0 spiro atoms. The van der Waals surface area contributed by atoms with Gasteiger partial charge < -0.3 is 19.5 Å². The Kier molecular flexibility index (Phi) is 6.87. The van der Waals surface area contributed by atoms with Crippen LogP contribution >= 0.6 is 0 Å². The minimum absolute atomic E-state index is 0.244. The molecule has 9 heteroatoms. The van der Waals surface area contributed by atoms with Crippen LogP contribution in [0.15, 0.2) is 42.5 Å². The molecule has 9 nitrogen and oxygen atoms in total. The monoisotopic (exact) mass is 413 g/mol. The number of nitrogens with one attached hydrogen (secondary N) is 3. The van der Waals surface area contributed by atoms with Crippen LogP contribution in [0.25, 0.3) is 0 Å². The molecular formula is C21H23N3O6. The fourth-order valence-electron chi connectivity index (χ4n) is 2.98. The van der Waals surface area contributed by atoms with Crippen LogP contribution in [0, 0.1) is 0 Å². The molecule has 2 aromatic rings. The van der Waals surface area contributed by atoms with Crippen molar-refractivity contribution < 1.29 is 28.6 Å². The van der Waals surface area contributed by atoms with Crippen LogP contribution in [-0.2, 0) is 9.53 Å². The van der Waals surface area contributed by atoms with E-state index in [4.69, 9.17) is 14.2 Å². The van der Waals surface area contributed by atoms with E-state index in [9.17, 15) is 14.4 Å². The van der Waals surface area contributed by atoms with E-state index in [0.29, 0.717) is 30.2 Å². The second kappa shape index (κ2) is 9.75. The number of rotatable bonds is 6. The van der Waals surface area contributed by atoms with E-state index in [-0.39, 0.29) is 17.0 Å². The van der Waals surface area contributed by atoms with Gasteiger partial charge in [-0.15, -0.1) is 0 Å². The normalized spacial score (nSPS) is 15.2. The summed E-state index contributed by atoms with van der Waals surface area (Å²) in [5.74, 6) is -0.415. The van der Waals surface area contributed by atoms with E-state index < -0.39 is 17.9 Å². The van der Waals surface area contributed by atoms with Crippen molar-refractivity contribution in [3.63, 3.8) is 0 Å². The first-order valence-corrected chi connectivity index (χ1v) is 9.37. The molecule has 1 aliphatic heterocycles. The average molecular weight is 413 g/mol. The van der Waals surface area contributed by atoms with Crippen molar-refractivity contribution in [3.05, 3.63) is 53.6 Å². The van der Waals surface area contributed by atoms with Gasteiger partial charge in [0, 0.05) is 23.4 Å². The third-order valence-corrected chi connectivity index (χ3v) is 4.55. The van der Waals surface area contributed by atoms with Crippen molar-refractivity contribution in [1.29, 1.82) is 0 Å². The number of hydrazine groups is 1. The highest BCUT2D eigenvalue weighted by atomic mass is 16.5. The van der Waals surface area contributed by atoms with Gasteiger partial charge in [0.25, 0.3) is 17.7 Å². The molecule has 1 saturated heterocycles. The number of anilines is 1. The van der Waals surface area contributed by atoms with Gasteiger partial charge in [-0.3, -0.25) is 25.2 Å². The predicted molar refractivity (Wildman–Crippen MR) is 109 cm³/mol. The number of ether oxygens (including phenoxy) is 3. The number of carbonyl (C=O) groups excluding carboxylic acids is 3. The number of amides is 3. The molecule has 1 heterocycles. The summed E-state index contributed by atoms with van der Waals surface area (Å²) in [5.41, 5.74) is 5.72. The number of hydrogen-bond donors (Lipinski definition) is 3. The van der Waals surface area contributed by atoms with E-state index in [2.05, 4.69) is 16.2 Å². The third-order valence-electron chi connectivity index (χ3n) is 4.55. The van der Waals surface area contributed by atoms with Crippen LogP contribution in [0.1, 0.15) is 33.6 Å². The Morgan fingerprint density at radius 2 is 1.63 bits per heavy atom. The molecule has 1 atom stereocenters. The second-order valence-corrected chi connectivity index (χ2v) is 6.55. The maximum atomic E-state index is 12.4. The Bertz CT molecular complexity index is 940. The summed E-state index contributed by atoms with van der Waals surface area (Å²) in [6.07, 6.45) is 1.05. The molecule has 0 saturated carbocycles. The van der Waals surface area contributed by atoms with Gasteiger partial charge in [-0.25, -0.2) is 0 Å². The average Bonchev–Trinajstić information content (AvgIpc) is 3.32. The van der Waals surface area contributed by atoms with Crippen molar-refractivity contribution in [2.45, 2.75) is 18.9 Å². The van der Waals surface area contributed by atoms with Gasteiger partial charge >= 0.3 is 0 Å². The Morgan fingerprint density at radius 3 is 2.27 bits per heavy atom. The van der Waals surface area contributed by atoms with Crippen LogP contribution in [0.3, 0.4) is 0 Å². The fraction of sp³-hybridized carbons (Fsp3) is 0.286. The van der Waals surface area contributed by atoms with Gasteiger partial charge in [0.05, 0.1) is 14.2 Å². The Morgan fingerprint density at radius 1 is 0.933 bits per heavy atom. The Balaban J connectivity index is 1.59. The number of benzene rings is 2. The Hall–Kier alpha value is -3.59. The zero-order chi connectivity index (χ0) is 21.5. The quantitative estimate of drug-likeness (QED) is 0.623. The summed E-state index contributed by atoms with van der Waals surface area (Å²) >= 11 is 0. The molecule has 3 N–H and O–H groups in total. The summed E-state index contributed by atoms with van der Waals surface area (Å²) in [6, 6.07) is 11.0. The maximum Gasteiger partial charge on any atom is 0.269 e. The standard InChI is InChI=1S/C21H23N3O6/c1-28-16-9-8-14(12-18(16)29-2)20(26)24-23-19(25)13-5-3-6-15(11-13)22-21(27)17-7-4-10-30-17/h3,5-6,8-9,11-12,17H,4,7,10H2,1-2H3,(H,22,27)(H,23,25)(H,24,26). The van der Waals surface area contributed by atoms with Crippen molar-refractivity contribution in [3.8, 4) is 11.5 Å². The van der Waals surface area contributed by atoms with Gasteiger partial charge in [0.15, 0.2) is 11.5 Å². The second-order valence-electron chi connectivity index (χ2n) is 6.55. The van der Waals surface area contributed by atoms with Crippen LogP contribution in [0.5, 0.6) is 11.5 Å². The fourth-order valence-corrected chi connectivity index (χ4v) is 2.98. The van der Waals surface area contributed by atoms with E-state index >= 15 is 0 Å². The molecule has 1 fully saturated rings. The highest BCUT2D eigenvalue weighted by Gasteiger charge is 2.23. The molecule has 1 aliphatic rings. The van der Waals surface area contributed by atoms with E-state index in [1.54, 1.807) is 30.3 Å². The van der Waals surface area contributed by atoms with E-state index in [1.165, 1.54) is 26.4 Å². The van der Waals surface area contributed by atoms with Crippen molar-refractivity contribution in [2.75, 3.05) is 26.1 Å². The maximum absolute atomic E-state index is 12.4. The first kappa shape index (κ1) is 21.1. The van der Waals surface area contributed by atoms with Gasteiger partial charge in [-0.2, -0.15) is 0 Å². The smallest absolute Gasteiger partial charge is 0.269 e. The third kappa shape index (κ3) is 5.06. The summed E-state index contributed by atoms with van der Waals surface area (Å²) < 4.78 is 15.6. The summed E-state index contributed by atoms with van der Waals surface area (Å²) in [5, 5.41) is 2.74. The molecule has 1 unspecified atom stereocenters. The topological polar surface area (TPSA) is 115 Å². The first-order valence-electron chi connectivity index (χ1n) is 9.37. The van der Waals surface area contributed by atoms with E-state index in [1.807, 2.05) is 0 Å². The summed E-state index contributed by atoms with van der Waals surface area (Å²) in [7, 11) is 2.96. The highest BCUT2D eigenvalue weighted by molar-refractivity contribution is 6.01. The van der Waals surface area contributed by atoms with Crippen molar-refractivity contribution in [1.82, 2.24) is 10.9 Å². The van der Waals surface area contributed by atoms with Gasteiger partial charge in [-0.05, 0) is 49.2 Å². The molecular weight excluding hydrogens is 390 g/mol. The zero-order valence-electron chi connectivity index (χ0n) is 16.7. The van der Waals surface area contributed by atoms with Crippen LogP contribution in [0.4, 0.5) is 5.69 Å².